The molecule has 0 amide bonds. The lowest BCUT2D eigenvalue weighted by molar-refractivity contribution is -0.597. The van der Waals surface area contributed by atoms with Crippen molar-refractivity contribution in [3.05, 3.63) is 61.2 Å². The molecule has 2 aromatic carbocycles. The molecule has 0 fully saturated rings. The van der Waals surface area contributed by atoms with Crippen molar-refractivity contribution in [1.29, 1.82) is 0 Å². The number of carbonyl (C=O) groups excluding carboxylic acids is 1. The topological polar surface area (TPSA) is 26.3 Å². The number of ketones is 1. The summed E-state index contributed by atoms with van der Waals surface area (Å²) in [6.45, 7) is 8.07. The van der Waals surface area contributed by atoms with Gasteiger partial charge in [0.2, 0.25) is 0 Å². The van der Waals surface area contributed by atoms with Crippen LogP contribution in [0.1, 0.15) is 39.7 Å². The number of hydrogen-bond acceptors (Lipinski definition) is 2. The summed E-state index contributed by atoms with van der Waals surface area (Å²) in [5, 5.41) is 0. The van der Waals surface area contributed by atoms with E-state index in [4.69, 9.17) is 4.74 Å². The Kier molecular flexibility index (Phi) is 6.22. The largest absolute Gasteiger partial charge is 0.488 e. The first kappa shape index (κ1) is 18.0. The molecule has 0 heterocycles. The second kappa shape index (κ2) is 7.95. The Hall–Kier alpha value is -1.36. The van der Waals surface area contributed by atoms with E-state index in [1.807, 2.05) is 6.92 Å². The van der Waals surface area contributed by atoms with Crippen molar-refractivity contribution in [3.63, 3.8) is 0 Å². The minimum Gasteiger partial charge on any atom is -0.488 e. The van der Waals surface area contributed by atoms with Crippen LogP contribution in [0.25, 0.3) is 0 Å². The number of halogens is 1. The maximum absolute atomic E-state index is 11.5. The molecule has 0 N–H and O–H groups in total. The summed E-state index contributed by atoms with van der Waals surface area (Å²) in [5.41, 5.74) is 0.945. The summed E-state index contributed by atoms with van der Waals surface area (Å²) in [6, 6.07) is 16.9. The fraction of sp³-hybridized carbons (Fsp3) is 0.350. The lowest BCUT2D eigenvalue weighted by Gasteiger charge is -2.20. The number of carbonyl (C=O) groups is 1. The molecule has 23 heavy (non-hydrogen) atoms. The van der Waals surface area contributed by atoms with E-state index < -0.39 is 0 Å². The van der Waals surface area contributed by atoms with Gasteiger partial charge in [-0.05, 0) is 62.7 Å². The number of hydrogen-bond donors (Lipinski definition) is 0. The van der Waals surface area contributed by atoms with Gasteiger partial charge < -0.3 is 4.74 Å². The summed E-state index contributed by atoms with van der Waals surface area (Å²) < 4.78 is 8.58. The normalized spacial score (nSPS) is 11.3. The van der Waals surface area contributed by atoms with Gasteiger partial charge in [0.05, 0.1) is 0 Å². The molecule has 3 heteroatoms. The van der Waals surface area contributed by atoms with Crippen molar-refractivity contribution in [1.82, 2.24) is 0 Å². The Bertz CT molecular complexity index is 637. The average Bonchev–Trinajstić information content (AvgIpc) is 2.49. The monoisotopic (exact) mass is 423 g/mol. The minimum absolute atomic E-state index is 0.164. The van der Waals surface area contributed by atoms with Crippen molar-refractivity contribution >= 4 is 5.78 Å². The van der Waals surface area contributed by atoms with E-state index in [9.17, 15) is 4.79 Å². The summed E-state index contributed by atoms with van der Waals surface area (Å²) in [4.78, 5) is 11.5. The zero-order valence-electron chi connectivity index (χ0n) is 14.2. The molecule has 0 aromatic heterocycles. The quantitative estimate of drug-likeness (QED) is 0.659. The average molecular weight is 423 g/mol. The van der Waals surface area contributed by atoms with Gasteiger partial charge in [-0.25, -0.2) is 0 Å². The number of benzene rings is 2. The first-order valence-electron chi connectivity index (χ1n) is 7.90. The third-order valence-corrected chi connectivity index (χ3v) is 5.85. The predicted molar refractivity (Wildman–Crippen MR) is 89.7 cm³/mol. The molecule has 0 unspecified atom stereocenters. The molecule has 0 aliphatic carbocycles. The highest BCUT2D eigenvalue weighted by Crippen LogP contribution is 2.16. The van der Waals surface area contributed by atoms with Crippen LogP contribution in [0.15, 0.2) is 48.5 Å². The molecule has 2 nitrogen and oxygen atoms in total. The van der Waals surface area contributed by atoms with Crippen LogP contribution < -0.4 is 25.9 Å². The zero-order valence-corrected chi connectivity index (χ0v) is 16.4. The lowest BCUT2D eigenvalue weighted by Crippen LogP contribution is -3.61. The first-order valence-corrected chi connectivity index (χ1v) is 10.1. The highest BCUT2D eigenvalue weighted by Gasteiger charge is 2.17. The molecular weight excluding hydrogens is 399 g/mol. The Labute approximate surface area is 149 Å². The molecule has 122 valence electrons. The van der Waals surface area contributed by atoms with Crippen molar-refractivity contribution in [3.8, 4) is 5.75 Å². The van der Waals surface area contributed by atoms with Crippen LogP contribution in [-0.2, 0) is 11.2 Å². The van der Waals surface area contributed by atoms with Gasteiger partial charge in [0, 0.05) is 12.8 Å². The van der Waals surface area contributed by atoms with Crippen LogP contribution in [0.4, 0.5) is 0 Å². The minimum atomic E-state index is -0.196. The Morgan fingerprint density at radius 3 is 1.96 bits per heavy atom. The molecule has 2 aromatic rings. The Balaban J connectivity index is 1.98. The summed E-state index contributed by atoms with van der Waals surface area (Å²) in [5.74, 6) is 1.21. The molecule has 0 aliphatic rings. The third kappa shape index (κ3) is 6.34. The number of rotatable bonds is 6. The van der Waals surface area contributed by atoms with E-state index in [2.05, 4.69) is 69.3 Å². The van der Waals surface area contributed by atoms with Gasteiger partial charge in [0.15, 0.2) is 7.14 Å². The van der Waals surface area contributed by atoms with E-state index in [1.165, 1.54) is 7.14 Å². The SMILES string of the molecule is CCC(=O)Cc1ccc([I+]c2ccc(OC(C)(C)C)cc2)cc1. The van der Waals surface area contributed by atoms with Crippen molar-refractivity contribution in [2.24, 2.45) is 0 Å². The lowest BCUT2D eigenvalue weighted by atomic mass is 10.1. The van der Waals surface area contributed by atoms with E-state index in [0.717, 1.165) is 11.3 Å². The Morgan fingerprint density at radius 1 is 0.957 bits per heavy atom. The number of ether oxygens (including phenoxy) is 1. The van der Waals surface area contributed by atoms with E-state index in [0.29, 0.717) is 18.6 Å². The van der Waals surface area contributed by atoms with Crippen molar-refractivity contribution < 1.29 is 30.7 Å². The molecule has 0 bridgehead atoms. The van der Waals surface area contributed by atoms with Crippen molar-refractivity contribution in [2.75, 3.05) is 0 Å². The van der Waals surface area contributed by atoms with E-state index in [1.54, 1.807) is 0 Å². The van der Waals surface area contributed by atoms with Gasteiger partial charge >= 0.3 is 21.2 Å². The maximum Gasteiger partial charge on any atom is 0.357 e. The third-order valence-electron chi connectivity index (χ3n) is 3.16. The molecule has 2 rings (SSSR count). The van der Waals surface area contributed by atoms with E-state index in [-0.39, 0.29) is 26.8 Å². The van der Waals surface area contributed by atoms with E-state index >= 15 is 0 Å². The fourth-order valence-corrected chi connectivity index (χ4v) is 4.22. The van der Waals surface area contributed by atoms with Crippen LogP contribution >= 0.6 is 0 Å². The Morgan fingerprint density at radius 2 is 1.48 bits per heavy atom. The molecule has 0 aliphatic heterocycles. The summed E-state index contributed by atoms with van der Waals surface area (Å²) >= 11 is -0.196. The van der Waals surface area contributed by atoms with Gasteiger partial charge in [0.1, 0.15) is 17.1 Å². The van der Waals surface area contributed by atoms with Crippen LogP contribution in [0.3, 0.4) is 0 Å². The molecule has 0 spiro atoms. The predicted octanol–water partition coefficient (Wildman–Crippen LogP) is 1.51. The number of Topliss-reactive ketones (excluding diaryl/α,β-unsaturated/α-hetero) is 1. The van der Waals surface area contributed by atoms with Gasteiger partial charge in [0.25, 0.3) is 0 Å². The zero-order chi connectivity index (χ0) is 16.9. The van der Waals surface area contributed by atoms with Crippen LogP contribution in [0.2, 0.25) is 0 Å². The second-order valence-electron chi connectivity index (χ2n) is 6.46. The van der Waals surface area contributed by atoms with Crippen molar-refractivity contribution in [2.45, 2.75) is 46.1 Å². The van der Waals surface area contributed by atoms with Crippen LogP contribution in [0.5, 0.6) is 5.75 Å². The highest BCUT2D eigenvalue weighted by molar-refractivity contribution is 5.80. The van der Waals surface area contributed by atoms with Gasteiger partial charge in [-0.2, -0.15) is 0 Å². The molecule has 0 saturated heterocycles. The highest BCUT2D eigenvalue weighted by atomic mass is 127. The van der Waals surface area contributed by atoms with Gasteiger partial charge in [-0.3, -0.25) is 4.79 Å². The smallest absolute Gasteiger partial charge is 0.357 e. The molecular formula is C20H24IO2+. The first-order chi connectivity index (χ1) is 10.9. The molecule has 0 radical (unpaired) electrons. The molecule has 0 saturated carbocycles. The van der Waals surface area contributed by atoms with Crippen LogP contribution in [0, 0.1) is 7.14 Å². The van der Waals surface area contributed by atoms with Gasteiger partial charge in [-0.1, -0.05) is 19.1 Å². The molecule has 0 atom stereocenters. The maximum atomic E-state index is 11.5. The summed E-state index contributed by atoms with van der Waals surface area (Å²) in [6.07, 6.45) is 1.16. The van der Waals surface area contributed by atoms with Crippen LogP contribution in [-0.4, -0.2) is 11.4 Å². The standard InChI is InChI=1S/C20H24IO2/c1-5-18(22)14-15-6-8-16(9-7-15)21-17-10-12-19(13-11-17)23-20(2,3)4/h6-13H,5,14H2,1-4H3/q+1. The fourth-order valence-electron chi connectivity index (χ4n) is 2.06. The second-order valence-corrected chi connectivity index (χ2v) is 9.49. The van der Waals surface area contributed by atoms with Gasteiger partial charge in [-0.15, -0.1) is 0 Å². The summed E-state index contributed by atoms with van der Waals surface area (Å²) in [7, 11) is 0.